The second kappa shape index (κ2) is 7.57. The van der Waals surface area contributed by atoms with Crippen LogP contribution in [0, 0.1) is 6.92 Å². The molecule has 110 valence electrons. The van der Waals surface area contributed by atoms with E-state index < -0.39 is 0 Å². The molecule has 0 unspecified atom stereocenters. The van der Waals surface area contributed by atoms with Gasteiger partial charge in [0.15, 0.2) is 0 Å². The first kappa shape index (κ1) is 16.0. The van der Waals surface area contributed by atoms with Crippen molar-refractivity contribution in [2.45, 2.75) is 26.7 Å². The Labute approximate surface area is 138 Å². The van der Waals surface area contributed by atoms with Gasteiger partial charge in [0.05, 0.1) is 5.69 Å². The van der Waals surface area contributed by atoms with Crippen LogP contribution in [0.5, 0.6) is 0 Å². The van der Waals surface area contributed by atoms with Crippen LogP contribution in [-0.4, -0.2) is 10.2 Å². The number of hydrogen-bond donors (Lipinski definition) is 1. The van der Waals surface area contributed by atoms with Crippen molar-refractivity contribution in [3.05, 3.63) is 62.9 Å². The van der Waals surface area contributed by atoms with E-state index in [2.05, 4.69) is 75.9 Å². The topological polar surface area (TPSA) is 28.7 Å². The van der Waals surface area contributed by atoms with E-state index in [1.165, 1.54) is 11.3 Å². The summed E-state index contributed by atoms with van der Waals surface area (Å²) in [7, 11) is 0. The molecule has 0 aliphatic carbocycles. The Morgan fingerprint density at radius 3 is 2.29 bits per heavy atom. The Kier molecular flexibility index (Phi) is 5.76. The van der Waals surface area contributed by atoms with Gasteiger partial charge in [-0.3, -0.25) is 5.10 Å². The Bertz CT molecular complexity index is 671. The van der Waals surface area contributed by atoms with Gasteiger partial charge in [-0.05, 0) is 34.8 Å². The molecule has 1 aromatic carbocycles. The summed E-state index contributed by atoms with van der Waals surface area (Å²) < 4.78 is 1.12. The molecule has 0 saturated carbocycles. The minimum atomic E-state index is 0.494. The minimum Gasteiger partial charge on any atom is -0.282 e. The van der Waals surface area contributed by atoms with Crippen LogP contribution in [0.3, 0.4) is 0 Å². The number of aromatic nitrogens is 2. The van der Waals surface area contributed by atoms with Gasteiger partial charge in [-0.15, -0.1) is 0 Å². The van der Waals surface area contributed by atoms with Crippen LogP contribution < -0.4 is 0 Å². The lowest BCUT2D eigenvalue weighted by Gasteiger charge is -1.96. The van der Waals surface area contributed by atoms with Crippen molar-refractivity contribution >= 4 is 27.3 Å². The monoisotopic (exact) mass is 362 g/mol. The van der Waals surface area contributed by atoms with E-state index in [0.29, 0.717) is 5.92 Å². The van der Waals surface area contributed by atoms with Crippen LogP contribution in [-0.2, 0) is 0 Å². The van der Waals surface area contributed by atoms with Crippen LogP contribution in [0.25, 0.3) is 11.3 Å². The highest BCUT2D eigenvalue weighted by Crippen LogP contribution is 2.31. The summed E-state index contributed by atoms with van der Waals surface area (Å²) in [5.74, 6) is 0.494. The summed E-state index contributed by atoms with van der Waals surface area (Å²) in [6.45, 7) is 6.39. The molecule has 0 aliphatic rings. The zero-order chi connectivity index (χ0) is 15.2. The SMILES string of the molecule is CC(C)c1cc(-c2cscc2Br)n[nH]1.Cc1ccccc1. The first-order valence-corrected chi connectivity index (χ1v) is 8.60. The van der Waals surface area contributed by atoms with Crippen LogP contribution >= 0.6 is 27.3 Å². The number of halogens is 1. The van der Waals surface area contributed by atoms with Gasteiger partial charge in [0.25, 0.3) is 0 Å². The molecule has 0 spiro atoms. The molecule has 4 heteroatoms. The van der Waals surface area contributed by atoms with E-state index >= 15 is 0 Å². The predicted octanol–water partition coefficient (Wildman–Crippen LogP) is 6.02. The summed E-state index contributed by atoms with van der Waals surface area (Å²) in [4.78, 5) is 0. The van der Waals surface area contributed by atoms with Crippen LogP contribution in [0.2, 0.25) is 0 Å². The molecular weight excluding hydrogens is 344 g/mol. The van der Waals surface area contributed by atoms with Gasteiger partial charge in [-0.1, -0.05) is 49.7 Å². The third-order valence-electron chi connectivity index (χ3n) is 3.05. The summed E-state index contributed by atoms with van der Waals surface area (Å²) in [6, 6.07) is 12.4. The first-order valence-electron chi connectivity index (χ1n) is 6.87. The van der Waals surface area contributed by atoms with Gasteiger partial charge < -0.3 is 0 Å². The lowest BCUT2D eigenvalue weighted by atomic mass is 10.1. The summed E-state index contributed by atoms with van der Waals surface area (Å²) in [5.41, 5.74) is 4.68. The standard InChI is InChI=1S/C10H11BrN2S.C7H8/c1-6(2)9-3-10(13-12-9)7-4-14-5-8(7)11;1-7-5-3-2-4-6-7/h3-6H,1-2H3,(H,12,13);2-6H,1H3. The average Bonchev–Trinajstić information content (AvgIpc) is 3.08. The molecule has 0 fully saturated rings. The second-order valence-electron chi connectivity index (χ2n) is 5.15. The molecule has 3 aromatic rings. The molecule has 0 bridgehead atoms. The maximum Gasteiger partial charge on any atom is 0.0943 e. The highest BCUT2D eigenvalue weighted by atomic mass is 79.9. The van der Waals surface area contributed by atoms with Crippen LogP contribution in [0.15, 0.2) is 51.6 Å². The molecule has 2 heterocycles. The molecular formula is C17H19BrN2S. The normalized spacial score (nSPS) is 10.3. The minimum absolute atomic E-state index is 0.494. The van der Waals surface area contributed by atoms with Crippen molar-refractivity contribution in [1.82, 2.24) is 10.2 Å². The molecule has 2 nitrogen and oxygen atoms in total. The largest absolute Gasteiger partial charge is 0.282 e. The number of benzene rings is 1. The van der Waals surface area contributed by atoms with E-state index in [1.807, 2.05) is 18.2 Å². The molecule has 0 aliphatic heterocycles. The van der Waals surface area contributed by atoms with E-state index in [1.54, 1.807) is 11.3 Å². The fraction of sp³-hybridized carbons (Fsp3) is 0.235. The maximum atomic E-state index is 4.29. The van der Waals surface area contributed by atoms with E-state index in [9.17, 15) is 0 Å². The van der Waals surface area contributed by atoms with Crippen LogP contribution in [0.4, 0.5) is 0 Å². The van der Waals surface area contributed by atoms with E-state index in [0.717, 1.165) is 15.7 Å². The number of H-pyrrole nitrogens is 1. The Morgan fingerprint density at radius 1 is 1.14 bits per heavy atom. The second-order valence-corrected chi connectivity index (χ2v) is 6.75. The number of rotatable bonds is 2. The Morgan fingerprint density at radius 2 is 1.86 bits per heavy atom. The fourth-order valence-electron chi connectivity index (χ4n) is 1.77. The number of aromatic amines is 1. The van der Waals surface area contributed by atoms with Gasteiger partial charge in [-0.25, -0.2) is 0 Å². The van der Waals surface area contributed by atoms with E-state index in [-0.39, 0.29) is 0 Å². The molecule has 21 heavy (non-hydrogen) atoms. The van der Waals surface area contributed by atoms with Crippen molar-refractivity contribution in [3.8, 4) is 11.3 Å². The summed E-state index contributed by atoms with van der Waals surface area (Å²) >= 11 is 5.18. The number of thiophene rings is 1. The number of hydrogen-bond acceptors (Lipinski definition) is 2. The Balaban J connectivity index is 0.000000194. The zero-order valence-corrected chi connectivity index (χ0v) is 14.8. The molecule has 0 atom stereocenters. The van der Waals surface area contributed by atoms with Crippen LogP contribution in [0.1, 0.15) is 31.0 Å². The highest BCUT2D eigenvalue weighted by molar-refractivity contribution is 9.10. The van der Waals surface area contributed by atoms with Gasteiger partial charge in [-0.2, -0.15) is 16.4 Å². The predicted molar refractivity (Wildman–Crippen MR) is 94.9 cm³/mol. The zero-order valence-electron chi connectivity index (χ0n) is 12.4. The molecule has 0 radical (unpaired) electrons. The van der Waals surface area contributed by atoms with Gasteiger partial charge >= 0.3 is 0 Å². The number of nitrogens with zero attached hydrogens (tertiary/aromatic N) is 1. The maximum absolute atomic E-state index is 4.29. The van der Waals surface area contributed by atoms with Crippen molar-refractivity contribution in [3.63, 3.8) is 0 Å². The highest BCUT2D eigenvalue weighted by Gasteiger charge is 2.09. The molecule has 0 saturated heterocycles. The number of aryl methyl sites for hydroxylation is 1. The first-order chi connectivity index (χ1) is 10.1. The smallest absolute Gasteiger partial charge is 0.0943 e. The van der Waals surface area contributed by atoms with E-state index in [4.69, 9.17) is 0 Å². The van der Waals surface area contributed by atoms with Crippen molar-refractivity contribution in [1.29, 1.82) is 0 Å². The van der Waals surface area contributed by atoms with Gasteiger partial charge in [0.1, 0.15) is 0 Å². The third kappa shape index (κ3) is 4.55. The molecule has 0 amide bonds. The van der Waals surface area contributed by atoms with Gasteiger partial charge in [0, 0.05) is 26.5 Å². The van der Waals surface area contributed by atoms with Crippen molar-refractivity contribution in [2.24, 2.45) is 0 Å². The quantitative estimate of drug-likeness (QED) is 0.593. The lowest BCUT2D eigenvalue weighted by molar-refractivity contribution is 0.811. The Hall–Kier alpha value is -1.39. The lowest BCUT2D eigenvalue weighted by Crippen LogP contribution is -1.85. The average molecular weight is 363 g/mol. The fourth-order valence-corrected chi connectivity index (χ4v) is 3.26. The number of nitrogens with one attached hydrogen (secondary N) is 1. The van der Waals surface area contributed by atoms with Crippen molar-refractivity contribution < 1.29 is 0 Å². The molecule has 2 aromatic heterocycles. The molecule has 1 N–H and O–H groups in total. The summed E-state index contributed by atoms with van der Waals surface area (Å²) in [6.07, 6.45) is 0. The van der Waals surface area contributed by atoms with Crippen molar-refractivity contribution in [2.75, 3.05) is 0 Å². The third-order valence-corrected chi connectivity index (χ3v) is 4.75. The summed E-state index contributed by atoms with van der Waals surface area (Å²) in [5, 5.41) is 11.5. The van der Waals surface area contributed by atoms with Gasteiger partial charge in [0.2, 0.25) is 0 Å². The molecule has 3 rings (SSSR count).